The molecule has 2 N–H and O–H groups in total. The van der Waals surface area contributed by atoms with Crippen molar-refractivity contribution in [3.05, 3.63) is 23.8 Å². The molecule has 14 heavy (non-hydrogen) atoms. The molecule has 0 bridgehead atoms. The minimum absolute atomic E-state index is 0.0641. The highest BCUT2D eigenvalue weighted by Crippen LogP contribution is 2.22. The molecular weight excluding hydrogens is 186 g/mol. The van der Waals surface area contributed by atoms with Gasteiger partial charge in [0, 0.05) is 0 Å². The third-order valence-corrected chi connectivity index (χ3v) is 1.83. The average Bonchev–Trinajstić information content (AvgIpc) is 2.70. The number of hydrogen-bond donors (Lipinski definition) is 2. The molecule has 72 valence electrons. The van der Waals surface area contributed by atoms with Crippen LogP contribution in [0.15, 0.2) is 17.0 Å². The van der Waals surface area contributed by atoms with Gasteiger partial charge in [-0.05, 0) is 6.92 Å². The SMILES string of the molecule is Cc1onc(-c2cnc[nH]2)c1C(=O)O. The Kier molecular flexibility index (Phi) is 1.81. The molecule has 0 aromatic carbocycles. The van der Waals surface area contributed by atoms with Gasteiger partial charge in [0.05, 0.1) is 18.2 Å². The lowest BCUT2D eigenvalue weighted by Crippen LogP contribution is -1.99. The van der Waals surface area contributed by atoms with Crippen LogP contribution in [0.1, 0.15) is 16.1 Å². The zero-order chi connectivity index (χ0) is 10.1. The minimum atomic E-state index is -1.06. The summed E-state index contributed by atoms with van der Waals surface area (Å²) >= 11 is 0. The first-order valence-electron chi connectivity index (χ1n) is 3.88. The highest BCUT2D eigenvalue weighted by molar-refractivity contribution is 5.95. The van der Waals surface area contributed by atoms with Crippen LogP contribution < -0.4 is 0 Å². The molecule has 0 spiro atoms. The molecule has 6 nitrogen and oxygen atoms in total. The lowest BCUT2D eigenvalue weighted by molar-refractivity contribution is 0.0695. The van der Waals surface area contributed by atoms with Gasteiger partial charge in [-0.2, -0.15) is 0 Å². The van der Waals surface area contributed by atoms with Crippen molar-refractivity contribution in [1.82, 2.24) is 15.1 Å². The summed E-state index contributed by atoms with van der Waals surface area (Å²) in [7, 11) is 0. The van der Waals surface area contributed by atoms with Crippen LogP contribution in [0.2, 0.25) is 0 Å². The van der Waals surface area contributed by atoms with Crippen LogP contribution in [-0.4, -0.2) is 26.2 Å². The van der Waals surface area contributed by atoms with Gasteiger partial charge in [0.25, 0.3) is 0 Å². The Morgan fingerprint density at radius 3 is 3.00 bits per heavy atom. The summed E-state index contributed by atoms with van der Waals surface area (Å²) in [6.07, 6.45) is 2.94. The number of aromatic nitrogens is 3. The van der Waals surface area contributed by atoms with Crippen LogP contribution in [0.5, 0.6) is 0 Å². The molecule has 0 unspecified atom stereocenters. The van der Waals surface area contributed by atoms with Gasteiger partial charge >= 0.3 is 5.97 Å². The van der Waals surface area contributed by atoms with E-state index >= 15 is 0 Å². The number of carboxylic acid groups (broad SMARTS) is 1. The van der Waals surface area contributed by atoms with Crippen molar-refractivity contribution < 1.29 is 14.4 Å². The molecule has 0 aliphatic heterocycles. The molecule has 0 saturated carbocycles. The Morgan fingerprint density at radius 2 is 2.43 bits per heavy atom. The lowest BCUT2D eigenvalue weighted by Gasteiger charge is -1.92. The number of aromatic amines is 1. The number of imidazole rings is 1. The molecule has 0 aliphatic carbocycles. The quantitative estimate of drug-likeness (QED) is 0.744. The van der Waals surface area contributed by atoms with Crippen molar-refractivity contribution in [3.63, 3.8) is 0 Å². The first kappa shape index (κ1) is 8.49. The number of aromatic carboxylic acids is 1. The molecule has 0 radical (unpaired) electrons. The van der Waals surface area contributed by atoms with Crippen molar-refractivity contribution in [1.29, 1.82) is 0 Å². The molecule has 0 saturated heterocycles. The van der Waals surface area contributed by atoms with Crippen molar-refractivity contribution in [3.8, 4) is 11.4 Å². The summed E-state index contributed by atoms with van der Waals surface area (Å²) in [6.45, 7) is 1.55. The normalized spacial score (nSPS) is 10.4. The smallest absolute Gasteiger partial charge is 0.341 e. The van der Waals surface area contributed by atoms with E-state index in [1.54, 1.807) is 6.92 Å². The standard InChI is InChI=1S/C8H7N3O3/c1-4-6(8(12)13)7(11-14-4)5-2-9-3-10-5/h2-3H,1H3,(H,9,10)(H,12,13). The predicted molar refractivity (Wildman–Crippen MR) is 45.8 cm³/mol. The van der Waals surface area contributed by atoms with E-state index in [0.29, 0.717) is 5.69 Å². The maximum absolute atomic E-state index is 10.9. The molecular formula is C8H7N3O3. The minimum Gasteiger partial charge on any atom is -0.477 e. The van der Waals surface area contributed by atoms with E-state index in [1.807, 2.05) is 0 Å². The number of rotatable bonds is 2. The molecule has 2 heterocycles. The Labute approximate surface area is 78.6 Å². The highest BCUT2D eigenvalue weighted by atomic mass is 16.5. The first-order chi connectivity index (χ1) is 6.70. The second-order valence-electron chi connectivity index (χ2n) is 2.73. The maximum atomic E-state index is 10.9. The van der Waals surface area contributed by atoms with Crippen LogP contribution in [0.4, 0.5) is 0 Å². The summed E-state index contributed by atoms with van der Waals surface area (Å²) < 4.78 is 4.80. The van der Waals surface area contributed by atoms with Crippen LogP contribution in [0, 0.1) is 6.92 Å². The summed E-state index contributed by atoms with van der Waals surface area (Å²) in [6, 6.07) is 0. The van der Waals surface area contributed by atoms with E-state index in [9.17, 15) is 4.79 Å². The van der Waals surface area contributed by atoms with E-state index in [0.717, 1.165) is 0 Å². The molecule has 2 aromatic heterocycles. The second kappa shape index (κ2) is 2.99. The van der Waals surface area contributed by atoms with Crippen LogP contribution in [0.25, 0.3) is 11.4 Å². The van der Waals surface area contributed by atoms with Crippen LogP contribution in [-0.2, 0) is 0 Å². The second-order valence-corrected chi connectivity index (χ2v) is 2.73. The Hall–Kier alpha value is -2.11. The maximum Gasteiger partial charge on any atom is 0.341 e. The number of nitrogens with one attached hydrogen (secondary N) is 1. The van der Waals surface area contributed by atoms with E-state index in [4.69, 9.17) is 9.63 Å². The molecule has 0 fully saturated rings. The van der Waals surface area contributed by atoms with Gasteiger partial charge in [-0.25, -0.2) is 9.78 Å². The first-order valence-corrected chi connectivity index (χ1v) is 3.88. The molecule has 0 atom stereocenters. The van der Waals surface area contributed by atoms with E-state index in [1.165, 1.54) is 12.5 Å². The van der Waals surface area contributed by atoms with Gasteiger partial charge in [-0.1, -0.05) is 5.16 Å². The zero-order valence-electron chi connectivity index (χ0n) is 7.31. The van der Waals surface area contributed by atoms with E-state index in [2.05, 4.69) is 15.1 Å². The van der Waals surface area contributed by atoms with Gasteiger partial charge in [-0.15, -0.1) is 0 Å². The van der Waals surface area contributed by atoms with Crippen LogP contribution in [0.3, 0.4) is 0 Å². The van der Waals surface area contributed by atoms with Crippen LogP contribution >= 0.6 is 0 Å². The average molecular weight is 193 g/mol. The van der Waals surface area contributed by atoms with Gasteiger partial charge in [0.15, 0.2) is 0 Å². The molecule has 2 rings (SSSR count). The number of aryl methyl sites for hydroxylation is 1. The van der Waals surface area contributed by atoms with Gasteiger partial charge in [-0.3, -0.25) is 0 Å². The fraction of sp³-hybridized carbons (Fsp3) is 0.125. The number of hydrogen-bond acceptors (Lipinski definition) is 4. The van der Waals surface area contributed by atoms with E-state index in [-0.39, 0.29) is 17.0 Å². The van der Waals surface area contributed by atoms with Crippen molar-refractivity contribution >= 4 is 5.97 Å². The lowest BCUT2D eigenvalue weighted by atomic mass is 10.1. The molecule has 0 aliphatic rings. The van der Waals surface area contributed by atoms with Gasteiger partial charge in [0.2, 0.25) is 0 Å². The third kappa shape index (κ3) is 1.17. The fourth-order valence-corrected chi connectivity index (χ4v) is 1.19. The predicted octanol–water partition coefficient (Wildman–Crippen LogP) is 1.07. The number of carbonyl (C=O) groups is 1. The topological polar surface area (TPSA) is 92.0 Å². The Balaban J connectivity index is 2.60. The monoisotopic (exact) mass is 193 g/mol. The van der Waals surface area contributed by atoms with Gasteiger partial charge < -0.3 is 14.6 Å². The van der Waals surface area contributed by atoms with Crippen molar-refractivity contribution in [2.75, 3.05) is 0 Å². The fourth-order valence-electron chi connectivity index (χ4n) is 1.19. The van der Waals surface area contributed by atoms with Gasteiger partial charge in [0.1, 0.15) is 17.0 Å². The zero-order valence-corrected chi connectivity index (χ0v) is 7.31. The largest absolute Gasteiger partial charge is 0.477 e. The summed E-state index contributed by atoms with van der Waals surface area (Å²) in [5.41, 5.74) is 0.862. The molecule has 0 amide bonds. The Morgan fingerprint density at radius 1 is 1.64 bits per heavy atom. The summed E-state index contributed by atoms with van der Waals surface area (Å²) in [4.78, 5) is 17.4. The molecule has 6 heteroatoms. The third-order valence-electron chi connectivity index (χ3n) is 1.83. The summed E-state index contributed by atoms with van der Waals surface area (Å²) in [5.74, 6) is -0.782. The number of carboxylic acids is 1. The highest BCUT2D eigenvalue weighted by Gasteiger charge is 2.21. The van der Waals surface area contributed by atoms with Crippen molar-refractivity contribution in [2.45, 2.75) is 6.92 Å². The van der Waals surface area contributed by atoms with Crippen molar-refractivity contribution in [2.24, 2.45) is 0 Å². The molecule has 2 aromatic rings. The number of nitrogens with zero attached hydrogens (tertiary/aromatic N) is 2. The Bertz CT molecular complexity index is 458. The van der Waals surface area contributed by atoms with E-state index < -0.39 is 5.97 Å². The number of H-pyrrole nitrogens is 1. The summed E-state index contributed by atoms with van der Waals surface area (Å²) in [5, 5.41) is 12.6.